The summed E-state index contributed by atoms with van der Waals surface area (Å²) in [5, 5.41) is 2.98. The molecule has 0 bridgehead atoms. The number of ether oxygens (including phenoxy) is 1. The van der Waals surface area contributed by atoms with E-state index < -0.39 is 0 Å². The number of aromatic nitrogens is 2. The first-order valence-electron chi connectivity index (χ1n) is 6.81. The van der Waals surface area contributed by atoms with Crippen molar-refractivity contribution in [1.29, 1.82) is 0 Å². The van der Waals surface area contributed by atoms with Crippen LogP contribution in [0.4, 0.5) is 0 Å². The molecule has 5 nitrogen and oxygen atoms in total. The highest BCUT2D eigenvalue weighted by molar-refractivity contribution is 6.00. The maximum Gasteiger partial charge on any atom is 0.255 e. The van der Waals surface area contributed by atoms with Crippen molar-refractivity contribution in [3.63, 3.8) is 0 Å². The van der Waals surface area contributed by atoms with Crippen LogP contribution in [0.3, 0.4) is 0 Å². The Morgan fingerprint density at radius 2 is 2.20 bits per heavy atom. The van der Waals surface area contributed by atoms with Crippen LogP contribution in [0.15, 0.2) is 24.7 Å². The van der Waals surface area contributed by atoms with Gasteiger partial charge < -0.3 is 14.5 Å². The van der Waals surface area contributed by atoms with Gasteiger partial charge >= 0.3 is 0 Å². The minimum Gasteiger partial charge on any atom is -0.377 e. The summed E-state index contributed by atoms with van der Waals surface area (Å²) in [6.07, 6.45) is 5.62. The molecule has 3 rings (SSSR count). The molecule has 5 heteroatoms. The molecule has 0 spiro atoms. The average molecular weight is 273 g/mol. The molecule has 1 N–H and O–H groups in total. The van der Waals surface area contributed by atoms with Crippen LogP contribution in [-0.4, -0.2) is 34.5 Å². The minimum absolute atomic E-state index is 0.0208. The van der Waals surface area contributed by atoms with Gasteiger partial charge in [-0.15, -0.1) is 0 Å². The largest absolute Gasteiger partial charge is 0.377 e. The molecule has 0 atom stereocenters. The molecule has 20 heavy (non-hydrogen) atoms. The lowest BCUT2D eigenvalue weighted by atomic mass is 9.87. The zero-order chi connectivity index (χ0) is 14.3. The van der Waals surface area contributed by atoms with Crippen LogP contribution in [0.1, 0.15) is 36.7 Å². The Morgan fingerprint density at radius 1 is 1.45 bits per heavy atom. The van der Waals surface area contributed by atoms with Crippen molar-refractivity contribution >= 4 is 11.6 Å². The summed E-state index contributed by atoms with van der Waals surface area (Å²) in [5.74, 6) is -0.0828. The number of hydrogen-bond acceptors (Lipinski definition) is 3. The van der Waals surface area contributed by atoms with Gasteiger partial charge in [0.2, 0.25) is 0 Å². The molecule has 1 amide bonds. The van der Waals surface area contributed by atoms with Crippen molar-refractivity contribution in [1.82, 2.24) is 14.7 Å². The lowest BCUT2D eigenvalue weighted by molar-refractivity contribution is -0.00344. The first kappa shape index (κ1) is 13.1. The lowest BCUT2D eigenvalue weighted by Crippen LogP contribution is -2.48. The number of carbonyl (C=O) groups excluding carboxylic acids is 1. The zero-order valence-electron chi connectivity index (χ0n) is 12.0. The third-order valence-corrected chi connectivity index (χ3v) is 3.57. The van der Waals surface area contributed by atoms with E-state index in [-0.39, 0.29) is 17.4 Å². The fraction of sp³-hybridized carbons (Fsp3) is 0.467. The van der Waals surface area contributed by atoms with Crippen molar-refractivity contribution in [2.75, 3.05) is 13.2 Å². The number of carbonyl (C=O) groups is 1. The van der Waals surface area contributed by atoms with Gasteiger partial charge in [0.15, 0.2) is 0 Å². The van der Waals surface area contributed by atoms with Gasteiger partial charge in [-0.1, -0.05) is 20.8 Å². The standard InChI is InChI=1S/C15H19N3O2/c1-15(2,3)10-6-12(13-16-4-5-18(13)7-10)14(19)17-11-8-20-9-11/h4-7,11H,8-9H2,1-3H3,(H,17,19). The number of pyridine rings is 1. The third kappa shape index (κ3) is 2.29. The molecule has 2 aromatic rings. The van der Waals surface area contributed by atoms with Gasteiger partial charge in [-0.05, 0) is 17.0 Å². The SMILES string of the molecule is CC(C)(C)c1cc(C(=O)NC2COC2)c2nccn2c1. The van der Waals surface area contributed by atoms with Crippen LogP contribution in [0, 0.1) is 0 Å². The van der Waals surface area contributed by atoms with Crippen LogP contribution < -0.4 is 5.32 Å². The highest BCUT2D eigenvalue weighted by Gasteiger charge is 2.24. The number of imidazole rings is 1. The maximum atomic E-state index is 12.4. The Morgan fingerprint density at radius 3 is 2.80 bits per heavy atom. The predicted octanol–water partition coefficient (Wildman–Crippen LogP) is 1.76. The van der Waals surface area contributed by atoms with Crippen molar-refractivity contribution < 1.29 is 9.53 Å². The Balaban J connectivity index is 2.02. The number of hydrogen-bond donors (Lipinski definition) is 1. The first-order chi connectivity index (χ1) is 9.45. The van der Waals surface area contributed by atoms with Crippen molar-refractivity contribution in [3.8, 4) is 0 Å². The molecule has 0 unspecified atom stereocenters. The second-order valence-corrected chi connectivity index (χ2v) is 6.26. The summed E-state index contributed by atoms with van der Waals surface area (Å²) >= 11 is 0. The van der Waals surface area contributed by atoms with Crippen LogP contribution in [0.2, 0.25) is 0 Å². The van der Waals surface area contributed by atoms with E-state index in [9.17, 15) is 4.79 Å². The number of amides is 1. The van der Waals surface area contributed by atoms with Crippen molar-refractivity contribution in [2.24, 2.45) is 0 Å². The fourth-order valence-electron chi connectivity index (χ4n) is 2.19. The van der Waals surface area contributed by atoms with Gasteiger partial charge in [0.05, 0.1) is 24.8 Å². The van der Waals surface area contributed by atoms with Crippen LogP contribution >= 0.6 is 0 Å². The molecule has 0 aliphatic carbocycles. The molecule has 106 valence electrons. The summed E-state index contributed by atoms with van der Waals surface area (Å²) in [6, 6.07) is 2.06. The van der Waals surface area contributed by atoms with Crippen LogP contribution in [0.25, 0.3) is 5.65 Å². The molecule has 1 aliphatic heterocycles. The van der Waals surface area contributed by atoms with E-state index in [1.54, 1.807) is 6.20 Å². The quantitative estimate of drug-likeness (QED) is 0.907. The van der Waals surface area contributed by atoms with E-state index in [1.165, 1.54) is 0 Å². The van der Waals surface area contributed by atoms with Gasteiger partial charge in [-0.3, -0.25) is 4.79 Å². The molecule has 1 aliphatic rings. The Hall–Kier alpha value is -1.88. The van der Waals surface area contributed by atoms with E-state index in [4.69, 9.17) is 4.74 Å². The molecule has 0 saturated carbocycles. The molecule has 3 heterocycles. The molecule has 0 radical (unpaired) electrons. The number of rotatable bonds is 2. The molecule has 1 fully saturated rings. The molecule has 2 aromatic heterocycles. The van der Waals surface area contributed by atoms with Gasteiger partial charge in [0.25, 0.3) is 5.91 Å². The summed E-state index contributed by atoms with van der Waals surface area (Å²) in [6.45, 7) is 7.58. The van der Waals surface area contributed by atoms with E-state index in [1.807, 2.05) is 22.9 Å². The Kier molecular flexibility index (Phi) is 3.01. The van der Waals surface area contributed by atoms with E-state index in [2.05, 4.69) is 31.1 Å². The fourth-order valence-corrected chi connectivity index (χ4v) is 2.19. The predicted molar refractivity (Wildman–Crippen MR) is 76.0 cm³/mol. The summed E-state index contributed by atoms with van der Waals surface area (Å²) in [4.78, 5) is 16.7. The van der Waals surface area contributed by atoms with E-state index in [0.29, 0.717) is 24.4 Å². The normalized spacial score (nSPS) is 16.1. The average Bonchev–Trinajstić information content (AvgIpc) is 2.79. The highest BCUT2D eigenvalue weighted by atomic mass is 16.5. The van der Waals surface area contributed by atoms with Crippen LogP contribution in [-0.2, 0) is 10.2 Å². The first-order valence-corrected chi connectivity index (χ1v) is 6.81. The number of nitrogens with zero attached hydrogens (tertiary/aromatic N) is 2. The molecular formula is C15H19N3O2. The second-order valence-electron chi connectivity index (χ2n) is 6.26. The van der Waals surface area contributed by atoms with E-state index in [0.717, 1.165) is 5.56 Å². The monoisotopic (exact) mass is 273 g/mol. The zero-order valence-corrected chi connectivity index (χ0v) is 12.0. The highest BCUT2D eigenvalue weighted by Crippen LogP contribution is 2.24. The van der Waals surface area contributed by atoms with Crippen molar-refractivity contribution in [3.05, 3.63) is 35.8 Å². The van der Waals surface area contributed by atoms with Gasteiger partial charge in [-0.25, -0.2) is 4.98 Å². The number of nitrogens with one attached hydrogen (secondary N) is 1. The maximum absolute atomic E-state index is 12.4. The smallest absolute Gasteiger partial charge is 0.255 e. The van der Waals surface area contributed by atoms with Gasteiger partial charge in [0.1, 0.15) is 5.65 Å². The Labute approximate surface area is 118 Å². The molecule has 0 aromatic carbocycles. The lowest BCUT2D eigenvalue weighted by Gasteiger charge is -2.27. The third-order valence-electron chi connectivity index (χ3n) is 3.57. The summed E-state index contributed by atoms with van der Waals surface area (Å²) in [7, 11) is 0. The van der Waals surface area contributed by atoms with Crippen molar-refractivity contribution in [2.45, 2.75) is 32.2 Å². The number of fused-ring (bicyclic) bond motifs is 1. The second kappa shape index (κ2) is 4.59. The summed E-state index contributed by atoms with van der Waals surface area (Å²) in [5.41, 5.74) is 2.40. The van der Waals surface area contributed by atoms with E-state index >= 15 is 0 Å². The van der Waals surface area contributed by atoms with Gasteiger partial charge in [-0.2, -0.15) is 0 Å². The van der Waals surface area contributed by atoms with Gasteiger partial charge in [0, 0.05) is 18.6 Å². The summed E-state index contributed by atoms with van der Waals surface area (Å²) < 4.78 is 7.00. The molecule has 1 saturated heterocycles. The molecular weight excluding hydrogens is 254 g/mol. The topological polar surface area (TPSA) is 55.6 Å². The van der Waals surface area contributed by atoms with Crippen LogP contribution in [0.5, 0.6) is 0 Å². The minimum atomic E-state index is -0.0828. The Bertz CT molecular complexity index is 651.